The Morgan fingerprint density at radius 1 is 1.05 bits per heavy atom. The molecule has 0 heterocycles. The molecule has 2 rings (SSSR count). The third kappa shape index (κ3) is 3.36. The van der Waals surface area contributed by atoms with Crippen LogP contribution in [0.2, 0.25) is 0 Å². The van der Waals surface area contributed by atoms with Crippen LogP contribution < -0.4 is 10.6 Å². The van der Waals surface area contributed by atoms with Gasteiger partial charge in [0.2, 0.25) is 0 Å². The number of hydrogen-bond acceptors (Lipinski definition) is 4. The van der Waals surface area contributed by atoms with Crippen molar-refractivity contribution in [2.45, 2.75) is 11.8 Å². The van der Waals surface area contributed by atoms with Crippen LogP contribution in [0.15, 0.2) is 64.6 Å². The minimum atomic E-state index is -3.63. The van der Waals surface area contributed by atoms with E-state index in [1.807, 2.05) is 0 Å². The van der Waals surface area contributed by atoms with Crippen LogP contribution in [0.3, 0.4) is 0 Å². The lowest BCUT2D eigenvalue weighted by Gasteiger charge is -2.05. The van der Waals surface area contributed by atoms with Crippen LogP contribution >= 0.6 is 0 Å². The van der Waals surface area contributed by atoms with Crippen molar-refractivity contribution in [1.29, 1.82) is 0 Å². The van der Waals surface area contributed by atoms with Crippen LogP contribution in [0.1, 0.15) is 12.5 Å². The number of anilines is 1. The van der Waals surface area contributed by atoms with E-state index in [4.69, 9.17) is 5.73 Å². The number of nitrogens with two attached hydrogens (primary N) is 1. The quantitative estimate of drug-likeness (QED) is 0.512. The molecule has 0 atom stereocenters. The SMILES string of the molecule is C/C(=N\NS(=O)(=O)c1ccccc1)c1ccc(N)cc1. The van der Waals surface area contributed by atoms with E-state index in [-0.39, 0.29) is 4.90 Å². The van der Waals surface area contributed by atoms with E-state index in [0.717, 1.165) is 5.56 Å². The van der Waals surface area contributed by atoms with Crippen molar-refractivity contribution >= 4 is 21.4 Å². The molecule has 104 valence electrons. The number of nitrogen functional groups attached to an aromatic ring is 1. The summed E-state index contributed by atoms with van der Waals surface area (Å²) < 4.78 is 24.0. The second kappa shape index (κ2) is 5.75. The molecule has 5 nitrogen and oxygen atoms in total. The fourth-order valence-electron chi connectivity index (χ4n) is 1.57. The molecule has 0 fully saturated rings. The van der Waals surface area contributed by atoms with Gasteiger partial charge in [-0.25, -0.2) is 0 Å². The van der Waals surface area contributed by atoms with E-state index >= 15 is 0 Å². The van der Waals surface area contributed by atoms with E-state index in [9.17, 15) is 8.42 Å². The average molecular weight is 289 g/mol. The molecular weight excluding hydrogens is 274 g/mol. The molecule has 0 unspecified atom stereocenters. The summed E-state index contributed by atoms with van der Waals surface area (Å²) >= 11 is 0. The van der Waals surface area contributed by atoms with Gasteiger partial charge in [-0.3, -0.25) is 0 Å². The third-order valence-electron chi connectivity index (χ3n) is 2.72. The van der Waals surface area contributed by atoms with Gasteiger partial charge >= 0.3 is 0 Å². The Kier molecular flexibility index (Phi) is 4.05. The first-order chi connectivity index (χ1) is 9.49. The lowest BCUT2D eigenvalue weighted by atomic mass is 10.1. The highest BCUT2D eigenvalue weighted by Gasteiger charge is 2.11. The zero-order valence-electron chi connectivity index (χ0n) is 10.9. The number of hydrazone groups is 1. The molecule has 0 aliphatic heterocycles. The Balaban J connectivity index is 2.18. The van der Waals surface area contributed by atoms with Crippen LogP contribution in [-0.4, -0.2) is 14.1 Å². The Morgan fingerprint density at radius 2 is 1.65 bits per heavy atom. The lowest BCUT2D eigenvalue weighted by molar-refractivity contribution is 0.584. The van der Waals surface area contributed by atoms with E-state index in [1.54, 1.807) is 49.4 Å². The number of hydrogen-bond donors (Lipinski definition) is 2. The second-order valence-electron chi connectivity index (χ2n) is 4.23. The van der Waals surface area contributed by atoms with Crippen molar-refractivity contribution in [2.75, 3.05) is 5.73 Å². The number of sulfonamides is 1. The first-order valence-corrected chi connectivity index (χ1v) is 7.44. The normalized spacial score (nSPS) is 12.2. The maximum Gasteiger partial charge on any atom is 0.276 e. The van der Waals surface area contributed by atoms with Crippen molar-refractivity contribution in [3.8, 4) is 0 Å². The number of rotatable bonds is 4. The van der Waals surface area contributed by atoms with E-state index in [1.165, 1.54) is 12.1 Å². The van der Waals surface area contributed by atoms with Crippen LogP contribution in [0.5, 0.6) is 0 Å². The maximum atomic E-state index is 12.0. The molecule has 0 aliphatic rings. The summed E-state index contributed by atoms with van der Waals surface area (Å²) in [6, 6.07) is 15.1. The Hall–Kier alpha value is -2.34. The van der Waals surface area contributed by atoms with Crippen LogP contribution in [-0.2, 0) is 10.0 Å². The van der Waals surface area contributed by atoms with Gasteiger partial charge in [0.25, 0.3) is 10.0 Å². The summed E-state index contributed by atoms with van der Waals surface area (Å²) in [7, 11) is -3.63. The first kappa shape index (κ1) is 14.1. The van der Waals surface area contributed by atoms with Crippen molar-refractivity contribution in [3.63, 3.8) is 0 Å². The molecule has 0 bridgehead atoms. The molecule has 0 radical (unpaired) electrons. The number of nitrogens with zero attached hydrogens (tertiary/aromatic N) is 1. The average Bonchev–Trinajstić information content (AvgIpc) is 2.46. The van der Waals surface area contributed by atoms with Gasteiger partial charge in [0.05, 0.1) is 10.6 Å². The van der Waals surface area contributed by atoms with Gasteiger partial charge in [-0.2, -0.15) is 18.4 Å². The van der Waals surface area contributed by atoms with E-state index in [2.05, 4.69) is 9.93 Å². The predicted molar refractivity (Wildman–Crippen MR) is 79.8 cm³/mol. The van der Waals surface area contributed by atoms with Crippen molar-refractivity contribution in [1.82, 2.24) is 4.83 Å². The summed E-state index contributed by atoms with van der Waals surface area (Å²) in [5.41, 5.74) is 7.60. The number of benzene rings is 2. The Bertz CT molecular complexity index is 708. The second-order valence-corrected chi connectivity index (χ2v) is 5.89. The first-order valence-electron chi connectivity index (χ1n) is 5.96. The minimum absolute atomic E-state index is 0.175. The predicted octanol–water partition coefficient (Wildman–Crippen LogP) is 1.97. The van der Waals surface area contributed by atoms with Crippen LogP contribution in [0, 0.1) is 0 Å². The summed E-state index contributed by atoms with van der Waals surface area (Å²) in [4.78, 5) is 2.39. The molecule has 2 aromatic carbocycles. The van der Waals surface area contributed by atoms with E-state index < -0.39 is 10.0 Å². The summed E-state index contributed by atoms with van der Waals surface area (Å²) in [6.07, 6.45) is 0. The van der Waals surface area contributed by atoms with Crippen LogP contribution in [0.4, 0.5) is 5.69 Å². The summed E-state index contributed by atoms with van der Waals surface area (Å²) in [6.45, 7) is 1.72. The highest BCUT2D eigenvalue weighted by molar-refractivity contribution is 7.89. The van der Waals surface area contributed by atoms with Gasteiger partial charge in [0.1, 0.15) is 0 Å². The van der Waals surface area contributed by atoms with Gasteiger partial charge in [0.15, 0.2) is 0 Å². The highest BCUT2D eigenvalue weighted by atomic mass is 32.2. The molecule has 6 heteroatoms. The Labute approximate surface area is 118 Å². The standard InChI is InChI=1S/C14H15N3O2S/c1-11(12-7-9-13(15)10-8-12)16-17-20(18,19)14-5-3-2-4-6-14/h2-10,17H,15H2,1H3/b16-11+. The van der Waals surface area contributed by atoms with Crippen molar-refractivity contribution in [2.24, 2.45) is 5.10 Å². The smallest absolute Gasteiger partial charge is 0.276 e. The fraction of sp³-hybridized carbons (Fsp3) is 0.0714. The minimum Gasteiger partial charge on any atom is -0.399 e. The van der Waals surface area contributed by atoms with Gasteiger partial charge in [-0.05, 0) is 36.8 Å². The molecular formula is C14H15N3O2S. The molecule has 0 saturated carbocycles. The zero-order valence-corrected chi connectivity index (χ0v) is 11.8. The van der Waals surface area contributed by atoms with E-state index in [0.29, 0.717) is 11.4 Å². The summed E-state index contributed by atoms with van der Waals surface area (Å²) in [5.74, 6) is 0. The topological polar surface area (TPSA) is 84.5 Å². The largest absolute Gasteiger partial charge is 0.399 e. The van der Waals surface area contributed by atoms with Gasteiger partial charge in [0, 0.05) is 5.69 Å². The molecule has 0 aliphatic carbocycles. The lowest BCUT2D eigenvalue weighted by Crippen LogP contribution is -2.19. The Morgan fingerprint density at radius 3 is 2.25 bits per heavy atom. The molecule has 0 spiro atoms. The zero-order chi connectivity index (χ0) is 14.6. The molecule has 3 N–H and O–H groups in total. The van der Waals surface area contributed by atoms with Gasteiger partial charge < -0.3 is 5.73 Å². The molecule has 20 heavy (non-hydrogen) atoms. The van der Waals surface area contributed by atoms with Crippen molar-refractivity contribution < 1.29 is 8.42 Å². The molecule has 0 saturated heterocycles. The fourth-order valence-corrected chi connectivity index (χ4v) is 2.45. The van der Waals surface area contributed by atoms with Gasteiger partial charge in [-0.1, -0.05) is 30.3 Å². The van der Waals surface area contributed by atoms with Gasteiger partial charge in [-0.15, -0.1) is 0 Å². The maximum absolute atomic E-state index is 12.0. The number of nitrogens with one attached hydrogen (secondary N) is 1. The monoisotopic (exact) mass is 289 g/mol. The molecule has 2 aromatic rings. The van der Waals surface area contributed by atoms with Crippen LogP contribution in [0.25, 0.3) is 0 Å². The van der Waals surface area contributed by atoms with Crippen molar-refractivity contribution in [3.05, 3.63) is 60.2 Å². The third-order valence-corrected chi connectivity index (χ3v) is 3.94. The summed E-state index contributed by atoms with van der Waals surface area (Å²) in [5, 5.41) is 3.91. The highest BCUT2D eigenvalue weighted by Crippen LogP contribution is 2.09. The molecule has 0 amide bonds. The molecule has 0 aromatic heterocycles.